The number of allylic oxidation sites excluding steroid dienone is 3. The van der Waals surface area contributed by atoms with E-state index >= 15 is 0 Å². The molecule has 0 amide bonds. The van der Waals surface area contributed by atoms with Crippen LogP contribution in [0.1, 0.15) is 6.92 Å². The summed E-state index contributed by atoms with van der Waals surface area (Å²) < 4.78 is 0. The van der Waals surface area contributed by atoms with Crippen LogP contribution in [-0.2, 0) is 0 Å². The van der Waals surface area contributed by atoms with E-state index < -0.39 is 0 Å². The van der Waals surface area contributed by atoms with Crippen molar-refractivity contribution in [2.24, 2.45) is 10.7 Å². The van der Waals surface area contributed by atoms with Gasteiger partial charge in [-0.3, -0.25) is 0 Å². The van der Waals surface area contributed by atoms with Gasteiger partial charge in [-0.05, 0) is 19.3 Å². The molecule has 0 saturated heterocycles. The molecule has 10 heavy (non-hydrogen) atoms. The first-order valence-corrected chi connectivity index (χ1v) is 4.10. The van der Waals surface area contributed by atoms with Crippen molar-refractivity contribution < 1.29 is 0 Å². The predicted molar refractivity (Wildman–Crippen MR) is 49.1 cm³/mol. The second kappa shape index (κ2) is 5.11. The van der Waals surface area contributed by atoms with Crippen molar-refractivity contribution in [3.05, 3.63) is 24.4 Å². The van der Waals surface area contributed by atoms with Gasteiger partial charge >= 0.3 is 0 Å². The highest BCUT2D eigenvalue weighted by Crippen LogP contribution is 1.99. The summed E-state index contributed by atoms with van der Waals surface area (Å²) in [6, 6.07) is 0. The molecule has 0 rings (SSSR count). The second-order valence-corrected chi connectivity index (χ2v) is 2.52. The molecular weight excluding hydrogens is 144 g/mol. The van der Waals surface area contributed by atoms with Crippen LogP contribution in [0.3, 0.4) is 0 Å². The summed E-state index contributed by atoms with van der Waals surface area (Å²) in [7, 11) is 0. The molecule has 0 saturated carbocycles. The van der Waals surface area contributed by atoms with Gasteiger partial charge in [0, 0.05) is 5.70 Å². The van der Waals surface area contributed by atoms with E-state index in [0.29, 0.717) is 5.17 Å². The van der Waals surface area contributed by atoms with Gasteiger partial charge in [0.25, 0.3) is 0 Å². The minimum atomic E-state index is 0.579. The third-order valence-corrected chi connectivity index (χ3v) is 1.36. The summed E-state index contributed by atoms with van der Waals surface area (Å²) in [6.07, 6.45) is 5.38. The van der Waals surface area contributed by atoms with Crippen molar-refractivity contribution in [1.82, 2.24) is 0 Å². The molecule has 0 fully saturated rings. The van der Waals surface area contributed by atoms with Gasteiger partial charge in [0.1, 0.15) is 0 Å². The van der Waals surface area contributed by atoms with E-state index in [4.69, 9.17) is 5.73 Å². The molecule has 0 heterocycles. The molecule has 56 valence electrons. The Balaban J connectivity index is 4.11. The van der Waals surface area contributed by atoms with Crippen molar-refractivity contribution in [3.63, 3.8) is 0 Å². The van der Waals surface area contributed by atoms with Gasteiger partial charge in [0.2, 0.25) is 0 Å². The van der Waals surface area contributed by atoms with Crippen LogP contribution in [0.25, 0.3) is 0 Å². The van der Waals surface area contributed by atoms with Crippen molar-refractivity contribution >= 4 is 16.9 Å². The monoisotopic (exact) mass is 156 g/mol. The molecule has 0 unspecified atom stereocenters. The van der Waals surface area contributed by atoms with E-state index in [-0.39, 0.29) is 0 Å². The maximum Gasteiger partial charge on any atom is 0.158 e. The zero-order valence-corrected chi connectivity index (χ0v) is 7.11. The van der Waals surface area contributed by atoms with Crippen molar-refractivity contribution in [3.8, 4) is 0 Å². The number of aliphatic imine (C=N–C) groups is 1. The fourth-order valence-electron chi connectivity index (χ4n) is 0.427. The molecule has 2 nitrogen and oxygen atoms in total. The van der Waals surface area contributed by atoms with E-state index in [1.54, 1.807) is 6.08 Å². The standard InChI is InChI=1S/C7H12N2S/c1-4-5-6(2)9-7(8)10-3/h4-5H,1H2,2-3H3,(H2,8,9)/b6-5-. The fourth-order valence-corrected chi connectivity index (χ4v) is 0.663. The maximum absolute atomic E-state index is 5.44. The number of rotatable bonds is 2. The predicted octanol–water partition coefficient (Wildman–Crippen LogP) is 1.75. The lowest BCUT2D eigenvalue weighted by Gasteiger charge is -1.93. The van der Waals surface area contributed by atoms with Crippen molar-refractivity contribution in [1.29, 1.82) is 0 Å². The average Bonchev–Trinajstić information content (AvgIpc) is 1.88. The van der Waals surface area contributed by atoms with Crippen LogP contribution in [0.2, 0.25) is 0 Å². The van der Waals surface area contributed by atoms with Gasteiger partial charge in [-0.2, -0.15) is 0 Å². The lowest BCUT2D eigenvalue weighted by atomic mass is 10.4. The van der Waals surface area contributed by atoms with Crippen LogP contribution in [0.5, 0.6) is 0 Å². The molecule has 0 aliphatic rings. The Hall–Kier alpha value is -0.700. The molecule has 0 aromatic rings. The van der Waals surface area contributed by atoms with Crippen LogP contribution in [-0.4, -0.2) is 11.4 Å². The quantitative estimate of drug-likeness (QED) is 0.376. The van der Waals surface area contributed by atoms with E-state index in [9.17, 15) is 0 Å². The van der Waals surface area contributed by atoms with Crippen LogP contribution >= 0.6 is 11.8 Å². The first-order valence-electron chi connectivity index (χ1n) is 2.88. The van der Waals surface area contributed by atoms with E-state index in [1.165, 1.54) is 11.8 Å². The highest BCUT2D eigenvalue weighted by atomic mass is 32.2. The van der Waals surface area contributed by atoms with Gasteiger partial charge in [-0.1, -0.05) is 24.4 Å². The Kier molecular flexibility index (Phi) is 4.76. The van der Waals surface area contributed by atoms with Crippen LogP contribution in [0.4, 0.5) is 0 Å². The van der Waals surface area contributed by atoms with E-state index in [2.05, 4.69) is 11.6 Å². The number of hydrogen-bond acceptors (Lipinski definition) is 2. The normalized spacial score (nSPS) is 13.4. The molecule has 0 aromatic heterocycles. The lowest BCUT2D eigenvalue weighted by molar-refractivity contribution is 1.30. The summed E-state index contributed by atoms with van der Waals surface area (Å²) in [4.78, 5) is 4.03. The molecule has 0 aliphatic heterocycles. The number of thioether (sulfide) groups is 1. The Morgan fingerprint density at radius 3 is 2.70 bits per heavy atom. The number of nitrogens with zero attached hydrogens (tertiary/aromatic N) is 1. The zero-order valence-electron chi connectivity index (χ0n) is 6.29. The van der Waals surface area contributed by atoms with E-state index in [0.717, 1.165) is 5.70 Å². The van der Waals surface area contributed by atoms with Crippen LogP contribution < -0.4 is 5.73 Å². The summed E-state index contributed by atoms with van der Waals surface area (Å²) in [6.45, 7) is 5.42. The number of hydrogen-bond donors (Lipinski definition) is 1. The van der Waals surface area contributed by atoms with Gasteiger partial charge in [0.15, 0.2) is 5.17 Å². The lowest BCUT2D eigenvalue weighted by Crippen LogP contribution is -2.04. The molecular formula is C7H12N2S. The molecule has 0 radical (unpaired) electrons. The Bertz CT molecular complexity index is 170. The fraction of sp³-hybridized carbons (Fsp3) is 0.286. The summed E-state index contributed by atoms with van der Waals surface area (Å²) >= 11 is 1.43. The average molecular weight is 156 g/mol. The highest BCUT2D eigenvalue weighted by molar-refractivity contribution is 8.13. The van der Waals surface area contributed by atoms with Gasteiger partial charge in [0.05, 0.1) is 0 Å². The first-order chi connectivity index (χ1) is 4.70. The molecule has 0 aliphatic carbocycles. The Morgan fingerprint density at radius 2 is 2.30 bits per heavy atom. The molecule has 0 atom stereocenters. The SMILES string of the molecule is C=C/C=C(/C)N=C(N)SC. The third-order valence-electron chi connectivity index (χ3n) is 0.855. The smallest absolute Gasteiger partial charge is 0.158 e. The molecule has 0 bridgehead atoms. The van der Waals surface area contributed by atoms with Gasteiger partial charge in [-0.25, -0.2) is 4.99 Å². The van der Waals surface area contributed by atoms with Gasteiger partial charge in [-0.15, -0.1) is 0 Å². The maximum atomic E-state index is 5.44. The summed E-state index contributed by atoms with van der Waals surface area (Å²) in [5.41, 5.74) is 6.32. The molecule has 0 aromatic carbocycles. The minimum absolute atomic E-state index is 0.579. The molecule has 2 N–H and O–H groups in total. The van der Waals surface area contributed by atoms with E-state index in [1.807, 2.05) is 19.3 Å². The highest BCUT2D eigenvalue weighted by Gasteiger charge is 1.85. The molecule has 3 heteroatoms. The topological polar surface area (TPSA) is 38.4 Å². The summed E-state index contributed by atoms with van der Waals surface area (Å²) in [5.74, 6) is 0. The van der Waals surface area contributed by atoms with Crippen LogP contribution in [0.15, 0.2) is 29.4 Å². The van der Waals surface area contributed by atoms with Crippen LogP contribution in [0, 0.1) is 0 Å². The largest absolute Gasteiger partial charge is 0.378 e. The molecule has 0 spiro atoms. The Morgan fingerprint density at radius 1 is 1.70 bits per heavy atom. The number of nitrogens with two attached hydrogens (primary N) is 1. The zero-order chi connectivity index (χ0) is 7.98. The van der Waals surface area contributed by atoms with Crippen molar-refractivity contribution in [2.75, 3.05) is 6.26 Å². The van der Waals surface area contributed by atoms with Crippen molar-refractivity contribution in [2.45, 2.75) is 6.92 Å². The second-order valence-electron chi connectivity index (χ2n) is 1.70. The first kappa shape index (κ1) is 9.30. The summed E-state index contributed by atoms with van der Waals surface area (Å²) in [5, 5.41) is 0.579. The third kappa shape index (κ3) is 4.21. The van der Waals surface area contributed by atoms with Gasteiger partial charge < -0.3 is 5.73 Å². The minimum Gasteiger partial charge on any atom is -0.378 e. The number of amidine groups is 1. The Labute approximate surface area is 65.9 Å².